The van der Waals surface area contributed by atoms with Gasteiger partial charge in [0, 0.05) is 24.7 Å². The van der Waals surface area contributed by atoms with Crippen molar-refractivity contribution in [2.45, 2.75) is 51.4 Å². The molecule has 17 heavy (non-hydrogen) atoms. The van der Waals surface area contributed by atoms with Crippen LogP contribution in [0.25, 0.3) is 0 Å². The van der Waals surface area contributed by atoms with Gasteiger partial charge in [0.25, 0.3) is 0 Å². The van der Waals surface area contributed by atoms with Crippen LogP contribution in [0.15, 0.2) is 12.4 Å². The van der Waals surface area contributed by atoms with Crippen molar-refractivity contribution in [2.75, 3.05) is 6.54 Å². The largest absolute Gasteiger partial charge is 0.374 e. The summed E-state index contributed by atoms with van der Waals surface area (Å²) < 4.78 is 7.96. The summed E-state index contributed by atoms with van der Waals surface area (Å²) in [6.07, 6.45) is 9.52. The molecule has 2 fully saturated rings. The minimum absolute atomic E-state index is 0.171. The fourth-order valence-electron chi connectivity index (χ4n) is 3.44. The Bertz CT molecular complexity index is 403. The molecule has 0 saturated carbocycles. The van der Waals surface area contributed by atoms with Crippen molar-refractivity contribution < 1.29 is 4.74 Å². The summed E-state index contributed by atoms with van der Waals surface area (Å²) in [5.74, 6) is 0. The molecule has 3 rings (SSSR count). The molecule has 4 nitrogen and oxygen atoms in total. The summed E-state index contributed by atoms with van der Waals surface area (Å²) in [6, 6.07) is 0. The van der Waals surface area contributed by atoms with Crippen molar-refractivity contribution >= 4 is 0 Å². The zero-order valence-corrected chi connectivity index (χ0v) is 10.4. The zero-order chi connectivity index (χ0) is 11.9. The van der Waals surface area contributed by atoms with Gasteiger partial charge in [-0.1, -0.05) is 0 Å². The van der Waals surface area contributed by atoms with Crippen LogP contribution in [0, 0.1) is 5.41 Å². The number of nitrogens with two attached hydrogens (primary N) is 1. The van der Waals surface area contributed by atoms with Gasteiger partial charge in [-0.25, -0.2) is 0 Å². The molecule has 3 heterocycles. The van der Waals surface area contributed by atoms with Crippen LogP contribution in [0.2, 0.25) is 0 Å². The molecule has 4 heteroatoms. The lowest BCUT2D eigenvalue weighted by Crippen LogP contribution is -2.41. The van der Waals surface area contributed by atoms with Crippen molar-refractivity contribution in [3.05, 3.63) is 18.0 Å². The third-order valence-corrected chi connectivity index (χ3v) is 4.40. The fourth-order valence-corrected chi connectivity index (χ4v) is 3.44. The molecule has 1 aromatic heterocycles. The molecule has 94 valence electrons. The van der Waals surface area contributed by atoms with E-state index < -0.39 is 0 Å². The van der Waals surface area contributed by atoms with Gasteiger partial charge in [0.05, 0.1) is 18.4 Å². The number of aromatic nitrogens is 2. The predicted molar refractivity (Wildman–Crippen MR) is 65.6 cm³/mol. The highest BCUT2D eigenvalue weighted by Gasteiger charge is 2.51. The number of aryl methyl sites for hydroxylation is 1. The second kappa shape index (κ2) is 4.10. The van der Waals surface area contributed by atoms with Gasteiger partial charge in [0.1, 0.15) is 0 Å². The maximum Gasteiger partial charge on any atom is 0.0652 e. The molecule has 1 aromatic rings. The Balaban J connectivity index is 1.78. The molecule has 2 bridgehead atoms. The van der Waals surface area contributed by atoms with Gasteiger partial charge in [-0.3, -0.25) is 4.68 Å². The van der Waals surface area contributed by atoms with Crippen molar-refractivity contribution in [3.63, 3.8) is 0 Å². The van der Waals surface area contributed by atoms with Crippen LogP contribution in [0.5, 0.6) is 0 Å². The molecule has 2 saturated heterocycles. The summed E-state index contributed by atoms with van der Waals surface area (Å²) in [7, 11) is 0. The summed E-state index contributed by atoms with van der Waals surface area (Å²) in [5.41, 5.74) is 7.51. The van der Waals surface area contributed by atoms with Crippen LogP contribution in [0.1, 0.15) is 31.7 Å². The lowest BCUT2D eigenvalue weighted by molar-refractivity contribution is 0.0636. The second-order valence-corrected chi connectivity index (χ2v) is 5.48. The Morgan fingerprint density at radius 2 is 2.47 bits per heavy atom. The second-order valence-electron chi connectivity index (χ2n) is 5.48. The van der Waals surface area contributed by atoms with Crippen LogP contribution in [-0.2, 0) is 17.7 Å². The third-order valence-electron chi connectivity index (χ3n) is 4.40. The number of nitrogens with zero attached hydrogens (tertiary/aromatic N) is 2. The van der Waals surface area contributed by atoms with Crippen LogP contribution in [-0.4, -0.2) is 28.5 Å². The Labute approximate surface area is 102 Å². The molecule has 0 radical (unpaired) electrons. The molecule has 2 aliphatic rings. The smallest absolute Gasteiger partial charge is 0.0652 e. The van der Waals surface area contributed by atoms with E-state index in [1.807, 2.05) is 10.9 Å². The Morgan fingerprint density at radius 3 is 3.00 bits per heavy atom. The first kappa shape index (κ1) is 11.2. The third kappa shape index (κ3) is 1.79. The first-order valence-electron chi connectivity index (χ1n) is 6.62. The minimum atomic E-state index is 0.171. The van der Waals surface area contributed by atoms with E-state index in [1.165, 1.54) is 18.4 Å². The van der Waals surface area contributed by atoms with Gasteiger partial charge >= 0.3 is 0 Å². The SMILES string of the molecule is CCn1cc(CC2(CN)CC3CCC2O3)cn1. The quantitative estimate of drug-likeness (QED) is 0.857. The van der Waals surface area contributed by atoms with Crippen molar-refractivity contribution in [1.82, 2.24) is 9.78 Å². The highest BCUT2D eigenvalue weighted by molar-refractivity contribution is 5.13. The normalized spacial score (nSPS) is 35.6. The Hall–Kier alpha value is -0.870. The highest BCUT2D eigenvalue weighted by Crippen LogP contribution is 2.48. The zero-order valence-electron chi connectivity index (χ0n) is 10.4. The molecule has 0 aliphatic carbocycles. The summed E-state index contributed by atoms with van der Waals surface area (Å²) in [4.78, 5) is 0. The lowest BCUT2D eigenvalue weighted by Gasteiger charge is -2.33. The summed E-state index contributed by atoms with van der Waals surface area (Å²) in [6.45, 7) is 3.76. The van der Waals surface area contributed by atoms with E-state index in [0.29, 0.717) is 12.2 Å². The predicted octanol–water partition coefficient (Wildman–Crippen LogP) is 1.34. The van der Waals surface area contributed by atoms with E-state index in [4.69, 9.17) is 10.5 Å². The Morgan fingerprint density at radius 1 is 1.59 bits per heavy atom. The highest BCUT2D eigenvalue weighted by atomic mass is 16.5. The van der Waals surface area contributed by atoms with Crippen LogP contribution in [0.4, 0.5) is 0 Å². The van der Waals surface area contributed by atoms with E-state index in [1.54, 1.807) is 0 Å². The van der Waals surface area contributed by atoms with Gasteiger partial charge in [-0.15, -0.1) is 0 Å². The van der Waals surface area contributed by atoms with Crippen LogP contribution in [0.3, 0.4) is 0 Å². The molecule has 0 amide bonds. The van der Waals surface area contributed by atoms with E-state index in [0.717, 1.165) is 25.9 Å². The monoisotopic (exact) mass is 235 g/mol. The summed E-state index contributed by atoms with van der Waals surface area (Å²) >= 11 is 0. The van der Waals surface area contributed by atoms with E-state index in [9.17, 15) is 0 Å². The van der Waals surface area contributed by atoms with Gasteiger partial charge in [0.15, 0.2) is 0 Å². The molecular weight excluding hydrogens is 214 g/mol. The van der Waals surface area contributed by atoms with E-state index in [2.05, 4.69) is 18.2 Å². The number of fused-ring (bicyclic) bond motifs is 2. The summed E-state index contributed by atoms with van der Waals surface area (Å²) in [5, 5.41) is 4.34. The van der Waals surface area contributed by atoms with Crippen molar-refractivity contribution in [3.8, 4) is 0 Å². The maximum atomic E-state index is 6.04. The van der Waals surface area contributed by atoms with Crippen molar-refractivity contribution in [1.29, 1.82) is 0 Å². The van der Waals surface area contributed by atoms with Gasteiger partial charge in [-0.2, -0.15) is 5.10 Å². The first-order valence-corrected chi connectivity index (χ1v) is 6.62. The topological polar surface area (TPSA) is 53.1 Å². The lowest BCUT2D eigenvalue weighted by atomic mass is 9.70. The molecule has 0 aromatic carbocycles. The molecular formula is C13H21N3O. The molecule has 2 N–H and O–H groups in total. The van der Waals surface area contributed by atoms with E-state index >= 15 is 0 Å². The molecule has 3 unspecified atom stereocenters. The fraction of sp³-hybridized carbons (Fsp3) is 0.769. The number of hydrogen-bond donors (Lipinski definition) is 1. The molecule has 3 atom stereocenters. The number of ether oxygens (including phenoxy) is 1. The number of hydrogen-bond acceptors (Lipinski definition) is 3. The molecule has 2 aliphatic heterocycles. The maximum absolute atomic E-state index is 6.04. The van der Waals surface area contributed by atoms with E-state index in [-0.39, 0.29) is 5.41 Å². The Kier molecular flexibility index (Phi) is 2.71. The first-order chi connectivity index (χ1) is 8.25. The minimum Gasteiger partial charge on any atom is -0.374 e. The van der Waals surface area contributed by atoms with Gasteiger partial charge in [0.2, 0.25) is 0 Å². The average Bonchev–Trinajstić information content (AvgIpc) is 3.04. The molecule has 0 spiro atoms. The average molecular weight is 235 g/mol. The van der Waals surface area contributed by atoms with Crippen LogP contribution >= 0.6 is 0 Å². The standard InChI is InChI=1S/C13H21N3O/c1-2-16-8-10(7-15-16)5-13(9-14)6-11-3-4-12(13)17-11/h7-8,11-12H,2-6,9,14H2,1H3. The van der Waals surface area contributed by atoms with Gasteiger partial charge < -0.3 is 10.5 Å². The van der Waals surface area contributed by atoms with Gasteiger partial charge in [-0.05, 0) is 38.2 Å². The van der Waals surface area contributed by atoms with Crippen LogP contribution < -0.4 is 5.73 Å². The van der Waals surface area contributed by atoms with Crippen molar-refractivity contribution in [2.24, 2.45) is 11.1 Å². The number of rotatable bonds is 4.